The number of benzene rings is 1. The zero-order valence-electron chi connectivity index (χ0n) is 12.0. The van der Waals surface area contributed by atoms with Crippen molar-refractivity contribution in [3.8, 4) is 0 Å². The fraction of sp³-hybridized carbons (Fsp3) is 0.357. The molecule has 1 saturated heterocycles. The first kappa shape index (κ1) is 15.2. The van der Waals surface area contributed by atoms with E-state index < -0.39 is 10.0 Å². The topological polar surface area (TPSA) is 94.6 Å². The molecule has 1 aromatic carbocycles. The molecule has 0 amide bonds. The van der Waals surface area contributed by atoms with E-state index in [2.05, 4.69) is 10.3 Å². The summed E-state index contributed by atoms with van der Waals surface area (Å²) in [6, 6.07) is 6.63. The molecular formula is C14H18N4O3S. The number of pyridine rings is 1. The van der Waals surface area contributed by atoms with Crippen LogP contribution in [0.4, 0.5) is 5.82 Å². The van der Waals surface area contributed by atoms with Crippen LogP contribution >= 0.6 is 0 Å². The molecule has 0 unspecified atom stereocenters. The average Bonchev–Trinajstić information content (AvgIpc) is 2.83. The van der Waals surface area contributed by atoms with Gasteiger partial charge in [-0.2, -0.15) is 4.31 Å². The van der Waals surface area contributed by atoms with E-state index in [9.17, 15) is 8.42 Å². The third kappa shape index (κ3) is 2.66. The summed E-state index contributed by atoms with van der Waals surface area (Å²) in [5, 5.41) is 13.4. The predicted octanol–water partition coefficient (Wildman–Crippen LogP) is 1.02. The molecule has 2 heterocycles. The van der Waals surface area contributed by atoms with Crippen LogP contribution in [0.1, 0.15) is 6.42 Å². The van der Waals surface area contributed by atoms with Gasteiger partial charge < -0.3 is 5.32 Å². The van der Waals surface area contributed by atoms with Crippen molar-refractivity contribution in [1.82, 2.24) is 14.6 Å². The fourth-order valence-electron chi connectivity index (χ4n) is 2.69. The van der Waals surface area contributed by atoms with E-state index in [-0.39, 0.29) is 10.7 Å². The third-order valence-corrected chi connectivity index (χ3v) is 5.75. The molecule has 0 radical (unpaired) electrons. The number of hydrogen-bond donors (Lipinski definition) is 3. The SMILES string of the molecule is O=S(=O)(c1cccc2c(NO)nccc12)N1CCCNCC1. The summed E-state index contributed by atoms with van der Waals surface area (Å²) in [4.78, 5) is 4.24. The Balaban J connectivity index is 2.12. The number of anilines is 1. The number of nitrogens with zero attached hydrogens (tertiary/aromatic N) is 2. The first-order chi connectivity index (χ1) is 10.6. The molecule has 2 aromatic rings. The average molecular weight is 322 g/mol. The maximum Gasteiger partial charge on any atom is 0.243 e. The molecule has 0 saturated carbocycles. The highest BCUT2D eigenvalue weighted by atomic mass is 32.2. The summed E-state index contributed by atoms with van der Waals surface area (Å²) in [7, 11) is -3.58. The van der Waals surface area contributed by atoms with Crippen LogP contribution in [-0.2, 0) is 10.0 Å². The highest BCUT2D eigenvalue weighted by molar-refractivity contribution is 7.89. The van der Waals surface area contributed by atoms with Gasteiger partial charge in [0.25, 0.3) is 0 Å². The monoisotopic (exact) mass is 322 g/mol. The van der Waals surface area contributed by atoms with Gasteiger partial charge in [-0.05, 0) is 25.1 Å². The number of aromatic nitrogens is 1. The van der Waals surface area contributed by atoms with E-state index in [1.165, 1.54) is 10.5 Å². The Morgan fingerprint density at radius 2 is 2.05 bits per heavy atom. The van der Waals surface area contributed by atoms with Crippen molar-refractivity contribution in [3.63, 3.8) is 0 Å². The van der Waals surface area contributed by atoms with Crippen molar-refractivity contribution >= 4 is 26.6 Å². The quantitative estimate of drug-likeness (QED) is 0.731. The largest absolute Gasteiger partial charge is 0.315 e. The van der Waals surface area contributed by atoms with Crippen molar-refractivity contribution in [2.45, 2.75) is 11.3 Å². The molecule has 1 aliphatic heterocycles. The second-order valence-electron chi connectivity index (χ2n) is 5.13. The molecule has 1 aliphatic rings. The molecule has 1 aromatic heterocycles. The van der Waals surface area contributed by atoms with E-state index in [0.29, 0.717) is 30.4 Å². The van der Waals surface area contributed by atoms with Gasteiger partial charge in [-0.25, -0.2) is 13.4 Å². The van der Waals surface area contributed by atoms with Crippen molar-refractivity contribution in [3.05, 3.63) is 30.5 Å². The molecule has 3 rings (SSSR count). The number of rotatable bonds is 3. The Hall–Kier alpha value is -1.74. The summed E-state index contributed by atoms with van der Waals surface area (Å²) in [5.74, 6) is 0.243. The second kappa shape index (κ2) is 6.17. The molecular weight excluding hydrogens is 304 g/mol. The van der Waals surface area contributed by atoms with Crippen molar-refractivity contribution in [2.75, 3.05) is 31.7 Å². The zero-order valence-corrected chi connectivity index (χ0v) is 12.8. The molecule has 0 aliphatic carbocycles. The lowest BCUT2D eigenvalue weighted by atomic mass is 10.1. The Bertz CT molecular complexity index is 771. The summed E-state index contributed by atoms with van der Waals surface area (Å²) in [6.45, 7) is 2.43. The zero-order chi connectivity index (χ0) is 15.6. The lowest BCUT2D eigenvalue weighted by Crippen LogP contribution is -2.34. The molecule has 0 atom stereocenters. The number of hydrogen-bond acceptors (Lipinski definition) is 6. The normalized spacial score (nSPS) is 17.3. The van der Waals surface area contributed by atoms with Crippen LogP contribution in [0, 0.1) is 0 Å². The van der Waals surface area contributed by atoms with Crippen LogP contribution in [0.15, 0.2) is 35.4 Å². The van der Waals surface area contributed by atoms with Crippen LogP contribution in [0.25, 0.3) is 10.8 Å². The van der Waals surface area contributed by atoms with Gasteiger partial charge in [-0.1, -0.05) is 12.1 Å². The van der Waals surface area contributed by atoms with Gasteiger partial charge in [0.1, 0.15) is 0 Å². The second-order valence-corrected chi connectivity index (χ2v) is 7.04. The van der Waals surface area contributed by atoms with Crippen LogP contribution in [0.5, 0.6) is 0 Å². The lowest BCUT2D eigenvalue weighted by molar-refractivity contribution is 0.387. The highest BCUT2D eigenvalue weighted by Crippen LogP contribution is 2.29. The van der Waals surface area contributed by atoms with Crippen LogP contribution in [-0.4, -0.2) is 49.1 Å². The number of fused-ring (bicyclic) bond motifs is 1. The van der Waals surface area contributed by atoms with Gasteiger partial charge in [-0.15, -0.1) is 0 Å². The van der Waals surface area contributed by atoms with E-state index in [0.717, 1.165) is 13.0 Å². The summed E-state index contributed by atoms with van der Waals surface area (Å²) in [5.41, 5.74) is 2.01. The van der Waals surface area contributed by atoms with Crippen molar-refractivity contribution in [1.29, 1.82) is 0 Å². The van der Waals surface area contributed by atoms with Gasteiger partial charge in [-0.3, -0.25) is 10.7 Å². The van der Waals surface area contributed by atoms with Crippen molar-refractivity contribution < 1.29 is 13.6 Å². The smallest absolute Gasteiger partial charge is 0.243 e. The minimum Gasteiger partial charge on any atom is -0.315 e. The molecule has 3 N–H and O–H groups in total. The summed E-state index contributed by atoms with van der Waals surface area (Å²) < 4.78 is 27.4. The molecule has 7 nitrogen and oxygen atoms in total. The minimum atomic E-state index is -3.58. The van der Waals surface area contributed by atoms with E-state index in [1.54, 1.807) is 24.3 Å². The van der Waals surface area contributed by atoms with E-state index >= 15 is 0 Å². The van der Waals surface area contributed by atoms with Gasteiger partial charge >= 0.3 is 0 Å². The summed E-state index contributed by atoms with van der Waals surface area (Å²) >= 11 is 0. The van der Waals surface area contributed by atoms with Gasteiger partial charge in [0.2, 0.25) is 10.0 Å². The molecule has 0 bridgehead atoms. The first-order valence-electron chi connectivity index (χ1n) is 7.13. The first-order valence-corrected chi connectivity index (χ1v) is 8.57. The van der Waals surface area contributed by atoms with Crippen LogP contribution in [0.2, 0.25) is 0 Å². The minimum absolute atomic E-state index is 0.241. The lowest BCUT2D eigenvalue weighted by Gasteiger charge is -2.20. The van der Waals surface area contributed by atoms with Crippen LogP contribution < -0.4 is 10.8 Å². The summed E-state index contributed by atoms with van der Waals surface area (Å²) in [6.07, 6.45) is 2.26. The third-order valence-electron chi connectivity index (χ3n) is 3.79. The van der Waals surface area contributed by atoms with Crippen LogP contribution in [0.3, 0.4) is 0 Å². The number of nitrogens with one attached hydrogen (secondary N) is 2. The Kier molecular flexibility index (Phi) is 4.25. The molecule has 0 spiro atoms. The Morgan fingerprint density at radius 1 is 1.18 bits per heavy atom. The van der Waals surface area contributed by atoms with Gasteiger partial charge in [0.15, 0.2) is 5.82 Å². The molecule has 22 heavy (non-hydrogen) atoms. The number of sulfonamides is 1. The highest BCUT2D eigenvalue weighted by Gasteiger charge is 2.27. The van der Waals surface area contributed by atoms with Gasteiger partial charge in [0, 0.05) is 36.6 Å². The Labute approximate surface area is 129 Å². The maximum atomic E-state index is 12.9. The standard InChI is InChI=1S/C14H18N4O3S/c19-17-14-12-3-1-4-13(11(12)5-7-16-14)22(20,21)18-9-2-6-15-8-10-18/h1,3-5,7,15,19H,2,6,8-10H2,(H,16,17). The van der Waals surface area contributed by atoms with Gasteiger partial charge in [0.05, 0.1) is 4.90 Å². The van der Waals surface area contributed by atoms with E-state index in [4.69, 9.17) is 5.21 Å². The molecule has 118 valence electrons. The Morgan fingerprint density at radius 3 is 2.86 bits per heavy atom. The van der Waals surface area contributed by atoms with E-state index in [1.807, 2.05) is 5.48 Å². The maximum absolute atomic E-state index is 12.9. The fourth-order valence-corrected chi connectivity index (χ4v) is 4.38. The predicted molar refractivity (Wildman–Crippen MR) is 83.4 cm³/mol. The molecule has 8 heteroatoms. The molecule has 1 fully saturated rings. The van der Waals surface area contributed by atoms with Crippen molar-refractivity contribution in [2.24, 2.45) is 0 Å².